The van der Waals surface area contributed by atoms with Gasteiger partial charge in [0.1, 0.15) is 5.82 Å². The number of hydrogen-bond donors (Lipinski definition) is 0. The Labute approximate surface area is 95.7 Å². The zero-order chi connectivity index (χ0) is 11.5. The smallest absolute Gasteiger partial charge is 0.123 e. The summed E-state index contributed by atoms with van der Waals surface area (Å²) in [5.74, 6) is -0.176. The average Bonchev–Trinajstić information content (AvgIpc) is 2.27. The molecule has 0 unspecified atom stereocenters. The van der Waals surface area contributed by atoms with E-state index in [2.05, 4.69) is 32.0 Å². The fourth-order valence-electron chi connectivity index (χ4n) is 1.81. The monoisotopic (exact) mass is 214 g/mol. The highest BCUT2D eigenvalue weighted by Gasteiger charge is 2.01. The largest absolute Gasteiger partial charge is 0.207 e. The van der Waals surface area contributed by atoms with Crippen molar-refractivity contribution < 1.29 is 4.39 Å². The second-order valence-corrected chi connectivity index (χ2v) is 4.23. The van der Waals surface area contributed by atoms with Crippen LogP contribution in [-0.2, 0) is 6.42 Å². The molecule has 0 atom stereocenters. The third-order valence-electron chi connectivity index (χ3n) is 2.81. The number of halogens is 1. The van der Waals surface area contributed by atoms with Crippen LogP contribution in [0.15, 0.2) is 42.5 Å². The van der Waals surface area contributed by atoms with Crippen molar-refractivity contribution in [3.63, 3.8) is 0 Å². The van der Waals surface area contributed by atoms with E-state index in [0.29, 0.717) is 0 Å². The van der Waals surface area contributed by atoms with Crippen LogP contribution in [0.5, 0.6) is 0 Å². The van der Waals surface area contributed by atoms with Crippen LogP contribution in [0, 0.1) is 19.7 Å². The lowest BCUT2D eigenvalue weighted by atomic mass is 9.99. The van der Waals surface area contributed by atoms with Gasteiger partial charge in [-0.25, -0.2) is 4.39 Å². The Morgan fingerprint density at radius 1 is 0.938 bits per heavy atom. The molecule has 0 N–H and O–H groups in total. The molecule has 0 heterocycles. The van der Waals surface area contributed by atoms with E-state index in [1.54, 1.807) is 0 Å². The minimum absolute atomic E-state index is 0.176. The van der Waals surface area contributed by atoms with Gasteiger partial charge >= 0.3 is 0 Å². The quantitative estimate of drug-likeness (QED) is 0.708. The maximum atomic E-state index is 12.8. The zero-order valence-electron chi connectivity index (χ0n) is 9.63. The molecule has 0 spiro atoms. The Bertz CT molecular complexity index is 483. The highest BCUT2D eigenvalue weighted by Crippen LogP contribution is 2.15. The van der Waals surface area contributed by atoms with Crippen LogP contribution >= 0.6 is 0 Å². The molecule has 0 aromatic heterocycles. The summed E-state index contributed by atoms with van der Waals surface area (Å²) in [6.07, 6.45) is 0.869. The van der Waals surface area contributed by atoms with E-state index < -0.39 is 0 Å². The number of hydrogen-bond acceptors (Lipinski definition) is 0. The fourth-order valence-corrected chi connectivity index (χ4v) is 1.81. The summed E-state index contributed by atoms with van der Waals surface area (Å²) < 4.78 is 12.8. The first-order valence-electron chi connectivity index (χ1n) is 5.46. The topological polar surface area (TPSA) is 0 Å². The van der Waals surface area contributed by atoms with E-state index in [4.69, 9.17) is 0 Å². The van der Waals surface area contributed by atoms with Gasteiger partial charge in [-0.1, -0.05) is 35.9 Å². The number of aryl methyl sites for hydroxylation is 2. The highest BCUT2D eigenvalue weighted by atomic mass is 19.1. The number of rotatable bonds is 2. The van der Waals surface area contributed by atoms with Crippen LogP contribution in [0.4, 0.5) is 4.39 Å². The maximum Gasteiger partial charge on any atom is 0.123 e. The van der Waals surface area contributed by atoms with Gasteiger partial charge in [-0.15, -0.1) is 0 Å². The van der Waals surface area contributed by atoms with E-state index >= 15 is 0 Å². The van der Waals surface area contributed by atoms with Crippen molar-refractivity contribution >= 4 is 0 Å². The molecule has 0 bridgehead atoms. The van der Waals surface area contributed by atoms with Crippen molar-refractivity contribution in [1.29, 1.82) is 0 Å². The molecule has 0 saturated heterocycles. The van der Waals surface area contributed by atoms with Gasteiger partial charge in [0.25, 0.3) is 0 Å². The van der Waals surface area contributed by atoms with Crippen LogP contribution in [-0.4, -0.2) is 0 Å². The molecular weight excluding hydrogens is 199 g/mol. The standard InChI is InChI=1S/C15H15F/c1-11-3-4-12(2)14(9-11)10-13-5-7-15(16)8-6-13/h3-9H,10H2,1-2H3. The van der Waals surface area contributed by atoms with Gasteiger partial charge in [0.2, 0.25) is 0 Å². The van der Waals surface area contributed by atoms with Crippen LogP contribution in [0.1, 0.15) is 22.3 Å². The van der Waals surface area contributed by atoms with Crippen LogP contribution < -0.4 is 0 Å². The molecule has 2 rings (SSSR count). The molecular formula is C15H15F. The number of benzene rings is 2. The van der Waals surface area contributed by atoms with E-state index in [1.165, 1.54) is 28.8 Å². The third kappa shape index (κ3) is 2.48. The summed E-state index contributed by atoms with van der Waals surface area (Å²) >= 11 is 0. The van der Waals surface area contributed by atoms with E-state index in [1.807, 2.05) is 12.1 Å². The molecule has 16 heavy (non-hydrogen) atoms. The predicted molar refractivity (Wildman–Crippen MR) is 65.1 cm³/mol. The van der Waals surface area contributed by atoms with Gasteiger partial charge in [0, 0.05) is 0 Å². The van der Waals surface area contributed by atoms with E-state index in [9.17, 15) is 4.39 Å². The molecule has 0 aliphatic rings. The first-order chi connectivity index (χ1) is 7.65. The molecule has 0 aliphatic carbocycles. The van der Waals surface area contributed by atoms with E-state index in [0.717, 1.165) is 12.0 Å². The van der Waals surface area contributed by atoms with Crippen LogP contribution in [0.2, 0.25) is 0 Å². The summed E-state index contributed by atoms with van der Waals surface area (Å²) in [5, 5.41) is 0. The molecule has 0 aliphatic heterocycles. The Morgan fingerprint density at radius 3 is 2.31 bits per heavy atom. The van der Waals surface area contributed by atoms with Crippen molar-refractivity contribution in [1.82, 2.24) is 0 Å². The minimum Gasteiger partial charge on any atom is -0.207 e. The molecule has 2 aromatic carbocycles. The van der Waals surface area contributed by atoms with Crippen molar-refractivity contribution in [2.45, 2.75) is 20.3 Å². The molecule has 0 saturated carbocycles. The average molecular weight is 214 g/mol. The summed E-state index contributed by atoms with van der Waals surface area (Å²) in [6, 6.07) is 13.2. The Hall–Kier alpha value is -1.63. The van der Waals surface area contributed by atoms with Gasteiger partial charge in [-0.2, -0.15) is 0 Å². The lowest BCUT2D eigenvalue weighted by molar-refractivity contribution is 0.627. The van der Waals surface area contributed by atoms with Gasteiger partial charge in [0.15, 0.2) is 0 Å². The summed E-state index contributed by atoms with van der Waals surface area (Å²) in [6.45, 7) is 4.20. The first-order valence-corrected chi connectivity index (χ1v) is 5.46. The first kappa shape index (κ1) is 10.9. The molecule has 2 aromatic rings. The van der Waals surface area contributed by atoms with Gasteiger partial charge in [-0.3, -0.25) is 0 Å². The highest BCUT2D eigenvalue weighted by molar-refractivity contribution is 5.34. The fraction of sp³-hybridized carbons (Fsp3) is 0.200. The van der Waals surface area contributed by atoms with Gasteiger partial charge in [-0.05, 0) is 49.1 Å². The summed E-state index contributed by atoms with van der Waals surface area (Å²) in [7, 11) is 0. The van der Waals surface area contributed by atoms with Crippen LogP contribution in [0.3, 0.4) is 0 Å². The molecule has 0 radical (unpaired) electrons. The molecule has 82 valence electrons. The normalized spacial score (nSPS) is 10.4. The van der Waals surface area contributed by atoms with Crippen molar-refractivity contribution in [3.8, 4) is 0 Å². The Morgan fingerprint density at radius 2 is 1.62 bits per heavy atom. The summed E-state index contributed by atoms with van der Waals surface area (Å²) in [4.78, 5) is 0. The summed E-state index contributed by atoms with van der Waals surface area (Å²) in [5.41, 5.74) is 5.01. The van der Waals surface area contributed by atoms with Crippen LogP contribution in [0.25, 0.3) is 0 Å². The van der Waals surface area contributed by atoms with Gasteiger partial charge < -0.3 is 0 Å². The van der Waals surface area contributed by atoms with E-state index in [-0.39, 0.29) is 5.82 Å². The second kappa shape index (κ2) is 4.48. The SMILES string of the molecule is Cc1ccc(C)c(Cc2ccc(F)cc2)c1. The molecule has 1 heteroatoms. The second-order valence-electron chi connectivity index (χ2n) is 4.23. The molecule has 0 fully saturated rings. The van der Waals surface area contributed by atoms with Crippen molar-refractivity contribution in [3.05, 3.63) is 70.5 Å². The van der Waals surface area contributed by atoms with Crippen molar-refractivity contribution in [2.24, 2.45) is 0 Å². The lowest BCUT2D eigenvalue weighted by Crippen LogP contribution is -1.92. The zero-order valence-corrected chi connectivity index (χ0v) is 9.63. The maximum absolute atomic E-state index is 12.8. The third-order valence-corrected chi connectivity index (χ3v) is 2.81. The molecule has 0 nitrogen and oxygen atoms in total. The Balaban J connectivity index is 2.26. The van der Waals surface area contributed by atoms with Gasteiger partial charge in [0.05, 0.1) is 0 Å². The molecule has 0 amide bonds. The minimum atomic E-state index is -0.176. The lowest BCUT2D eigenvalue weighted by Gasteiger charge is -2.07. The predicted octanol–water partition coefficient (Wildman–Crippen LogP) is 4.03. The van der Waals surface area contributed by atoms with Crippen molar-refractivity contribution in [2.75, 3.05) is 0 Å². The Kier molecular flexibility index (Phi) is 3.04.